The number of pyridine rings is 1. The van der Waals surface area contributed by atoms with Crippen molar-refractivity contribution in [2.45, 2.75) is 37.6 Å². The normalized spacial score (nSPS) is 25.8. The van der Waals surface area contributed by atoms with Crippen LogP contribution in [0.15, 0.2) is 22.8 Å². The molecule has 1 unspecified atom stereocenters. The van der Waals surface area contributed by atoms with Gasteiger partial charge in [0.05, 0.1) is 30.6 Å². The van der Waals surface area contributed by atoms with Gasteiger partial charge in [-0.3, -0.25) is 4.98 Å². The Balaban J connectivity index is 1.50. The van der Waals surface area contributed by atoms with Crippen molar-refractivity contribution in [1.29, 1.82) is 0 Å². The topological polar surface area (TPSA) is 43.4 Å². The average molecular weight is 327 g/mol. The standard InChI is InChI=1S/C14H19BrN2O2/c15-11-1-2-12(17-8-11)9-18-13-7-14(19-10-13)3-5-16-6-4-14/h1-2,8,13,16H,3-7,9-10H2. The summed E-state index contributed by atoms with van der Waals surface area (Å²) in [5.41, 5.74) is 1.04. The van der Waals surface area contributed by atoms with Crippen molar-refractivity contribution in [1.82, 2.24) is 10.3 Å². The first-order valence-electron chi connectivity index (χ1n) is 6.83. The summed E-state index contributed by atoms with van der Waals surface area (Å²) in [7, 11) is 0. The molecule has 3 heterocycles. The molecule has 1 aromatic heterocycles. The molecular formula is C14H19BrN2O2. The van der Waals surface area contributed by atoms with Crippen LogP contribution in [0.25, 0.3) is 0 Å². The zero-order valence-electron chi connectivity index (χ0n) is 10.9. The number of hydrogen-bond donors (Lipinski definition) is 1. The van der Waals surface area contributed by atoms with Crippen LogP contribution in [-0.2, 0) is 16.1 Å². The number of piperidine rings is 1. The summed E-state index contributed by atoms with van der Waals surface area (Å²) in [5.74, 6) is 0. The molecule has 2 aliphatic heterocycles. The smallest absolute Gasteiger partial charge is 0.0892 e. The van der Waals surface area contributed by atoms with E-state index in [-0.39, 0.29) is 11.7 Å². The van der Waals surface area contributed by atoms with Crippen LogP contribution in [0.2, 0.25) is 0 Å². The van der Waals surface area contributed by atoms with Gasteiger partial charge in [-0.2, -0.15) is 0 Å². The van der Waals surface area contributed by atoms with E-state index in [1.807, 2.05) is 12.1 Å². The van der Waals surface area contributed by atoms with E-state index >= 15 is 0 Å². The fourth-order valence-electron chi connectivity index (χ4n) is 2.84. The van der Waals surface area contributed by atoms with Crippen molar-refractivity contribution in [3.8, 4) is 0 Å². The van der Waals surface area contributed by atoms with Crippen LogP contribution >= 0.6 is 15.9 Å². The van der Waals surface area contributed by atoms with Gasteiger partial charge in [0.2, 0.25) is 0 Å². The van der Waals surface area contributed by atoms with E-state index < -0.39 is 0 Å². The third kappa shape index (κ3) is 3.34. The highest BCUT2D eigenvalue weighted by Gasteiger charge is 2.41. The first kappa shape index (κ1) is 13.5. The highest BCUT2D eigenvalue weighted by Crippen LogP contribution is 2.35. The summed E-state index contributed by atoms with van der Waals surface area (Å²) < 4.78 is 12.9. The molecule has 2 saturated heterocycles. The lowest BCUT2D eigenvalue weighted by molar-refractivity contribution is -0.0242. The fraction of sp³-hybridized carbons (Fsp3) is 0.643. The van der Waals surface area contributed by atoms with Crippen LogP contribution < -0.4 is 5.32 Å². The lowest BCUT2D eigenvalue weighted by Crippen LogP contribution is -2.41. The van der Waals surface area contributed by atoms with Crippen LogP contribution in [0.1, 0.15) is 25.0 Å². The summed E-state index contributed by atoms with van der Waals surface area (Å²) in [6, 6.07) is 3.98. The lowest BCUT2D eigenvalue weighted by atomic mass is 9.89. The zero-order valence-corrected chi connectivity index (χ0v) is 12.5. The second kappa shape index (κ2) is 5.87. The molecule has 1 spiro atoms. The molecule has 1 aromatic rings. The summed E-state index contributed by atoms with van der Waals surface area (Å²) in [6.07, 6.45) is 5.24. The Bertz CT molecular complexity index is 418. The third-order valence-corrected chi connectivity index (χ3v) is 4.41. The Hall–Kier alpha value is -0.490. The zero-order chi connectivity index (χ0) is 13.1. The van der Waals surface area contributed by atoms with Crippen molar-refractivity contribution in [3.63, 3.8) is 0 Å². The molecule has 2 aliphatic rings. The van der Waals surface area contributed by atoms with Gasteiger partial charge in [0, 0.05) is 17.1 Å². The molecule has 0 radical (unpaired) electrons. The molecule has 19 heavy (non-hydrogen) atoms. The highest BCUT2D eigenvalue weighted by molar-refractivity contribution is 9.10. The second-order valence-electron chi connectivity index (χ2n) is 5.35. The van der Waals surface area contributed by atoms with E-state index in [1.165, 1.54) is 0 Å². The number of ether oxygens (including phenoxy) is 2. The molecule has 5 heteroatoms. The van der Waals surface area contributed by atoms with E-state index in [2.05, 4.69) is 26.2 Å². The number of rotatable bonds is 3. The van der Waals surface area contributed by atoms with Crippen LogP contribution in [-0.4, -0.2) is 36.4 Å². The van der Waals surface area contributed by atoms with Crippen LogP contribution in [0.3, 0.4) is 0 Å². The second-order valence-corrected chi connectivity index (χ2v) is 6.26. The van der Waals surface area contributed by atoms with Gasteiger partial charge in [0.15, 0.2) is 0 Å². The number of nitrogens with one attached hydrogen (secondary N) is 1. The molecular weight excluding hydrogens is 308 g/mol. The molecule has 4 nitrogen and oxygen atoms in total. The molecule has 2 fully saturated rings. The minimum absolute atomic E-state index is 0.0725. The summed E-state index contributed by atoms with van der Waals surface area (Å²) in [4.78, 5) is 4.32. The van der Waals surface area contributed by atoms with Gasteiger partial charge in [0.1, 0.15) is 0 Å². The number of aromatic nitrogens is 1. The summed E-state index contributed by atoms with van der Waals surface area (Å²) in [5, 5.41) is 3.38. The van der Waals surface area contributed by atoms with E-state index in [9.17, 15) is 0 Å². The predicted octanol–water partition coefficient (Wildman–Crippen LogP) is 2.27. The molecule has 0 bridgehead atoms. The Morgan fingerprint density at radius 2 is 2.26 bits per heavy atom. The van der Waals surface area contributed by atoms with Gasteiger partial charge < -0.3 is 14.8 Å². The van der Waals surface area contributed by atoms with Crippen molar-refractivity contribution >= 4 is 15.9 Å². The fourth-order valence-corrected chi connectivity index (χ4v) is 3.07. The first-order valence-corrected chi connectivity index (χ1v) is 7.62. The van der Waals surface area contributed by atoms with Crippen LogP contribution in [0.4, 0.5) is 0 Å². The molecule has 0 saturated carbocycles. The maximum atomic E-state index is 6.01. The first-order chi connectivity index (χ1) is 9.26. The maximum absolute atomic E-state index is 6.01. The Morgan fingerprint density at radius 3 is 3.00 bits per heavy atom. The molecule has 104 valence electrons. The number of hydrogen-bond acceptors (Lipinski definition) is 4. The van der Waals surface area contributed by atoms with E-state index in [1.54, 1.807) is 6.20 Å². The monoisotopic (exact) mass is 326 g/mol. The molecule has 0 amide bonds. The maximum Gasteiger partial charge on any atom is 0.0892 e. The molecule has 1 N–H and O–H groups in total. The van der Waals surface area contributed by atoms with Crippen LogP contribution in [0, 0.1) is 0 Å². The Labute approximate surface area is 122 Å². The Kier molecular flexibility index (Phi) is 4.17. The minimum Gasteiger partial charge on any atom is -0.372 e. The summed E-state index contributed by atoms with van der Waals surface area (Å²) in [6.45, 7) is 3.40. The van der Waals surface area contributed by atoms with Crippen molar-refractivity contribution in [2.24, 2.45) is 0 Å². The van der Waals surface area contributed by atoms with Crippen molar-refractivity contribution in [2.75, 3.05) is 19.7 Å². The van der Waals surface area contributed by atoms with E-state index in [4.69, 9.17) is 9.47 Å². The van der Waals surface area contributed by atoms with Crippen molar-refractivity contribution < 1.29 is 9.47 Å². The molecule has 1 atom stereocenters. The number of nitrogens with zero attached hydrogens (tertiary/aromatic N) is 1. The van der Waals surface area contributed by atoms with Gasteiger partial charge in [-0.05, 0) is 54.0 Å². The molecule has 0 aromatic carbocycles. The van der Waals surface area contributed by atoms with Gasteiger partial charge in [0.25, 0.3) is 0 Å². The summed E-state index contributed by atoms with van der Waals surface area (Å²) >= 11 is 3.38. The van der Waals surface area contributed by atoms with E-state index in [0.29, 0.717) is 6.61 Å². The minimum atomic E-state index is 0.0725. The van der Waals surface area contributed by atoms with Gasteiger partial charge in [-0.25, -0.2) is 0 Å². The molecule has 3 rings (SSSR count). The van der Waals surface area contributed by atoms with Crippen molar-refractivity contribution in [3.05, 3.63) is 28.5 Å². The van der Waals surface area contributed by atoms with Gasteiger partial charge in [-0.1, -0.05) is 0 Å². The highest BCUT2D eigenvalue weighted by atomic mass is 79.9. The SMILES string of the molecule is Brc1ccc(COC2COC3(CCNCC3)C2)nc1. The van der Waals surface area contributed by atoms with Crippen LogP contribution in [0.5, 0.6) is 0 Å². The van der Waals surface area contributed by atoms with E-state index in [0.717, 1.165) is 49.1 Å². The quantitative estimate of drug-likeness (QED) is 0.925. The largest absolute Gasteiger partial charge is 0.372 e. The number of halogens is 1. The third-order valence-electron chi connectivity index (χ3n) is 3.95. The van der Waals surface area contributed by atoms with Gasteiger partial charge in [-0.15, -0.1) is 0 Å². The Morgan fingerprint density at radius 1 is 1.42 bits per heavy atom. The molecule has 0 aliphatic carbocycles. The lowest BCUT2D eigenvalue weighted by Gasteiger charge is -2.32. The average Bonchev–Trinajstić information content (AvgIpc) is 2.82. The van der Waals surface area contributed by atoms with Gasteiger partial charge >= 0.3 is 0 Å². The predicted molar refractivity (Wildman–Crippen MR) is 75.9 cm³/mol.